The fraction of sp³-hybridized carbons (Fsp3) is 0.400. The van der Waals surface area contributed by atoms with Gasteiger partial charge in [-0.05, 0) is 53.6 Å². The minimum absolute atomic E-state index is 0.483. The van der Waals surface area contributed by atoms with Crippen molar-refractivity contribution in [3.63, 3.8) is 0 Å². The van der Waals surface area contributed by atoms with Gasteiger partial charge in [0.2, 0.25) is 0 Å². The zero-order chi connectivity index (χ0) is 16.2. The summed E-state index contributed by atoms with van der Waals surface area (Å²) in [5.74, 6) is 3.01. The summed E-state index contributed by atoms with van der Waals surface area (Å²) in [4.78, 5) is 0. The maximum absolute atomic E-state index is 5.60. The molecule has 3 rings (SSSR count). The molecule has 0 spiro atoms. The van der Waals surface area contributed by atoms with Crippen molar-refractivity contribution in [2.75, 3.05) is 14.2 Å². The highest BCUT2D eigenvalue weighted by atomic mass is 31.0. The molecule has 0 amide bonds. The van der Waals surface area contributed by atoms with Gasteiger partial charge in [0, 0.05) is 0 Å². The molecule has 2 aromatic rings. The summed E-state index contributed by atoms with van der Waals surface area (Å²) in [5.41, 5.74) is 3.14. The van der Waals surface area contributed by atoms with E-state index in [0.29, 0.717) is 17.5 Å². The molecule has 3 atom stereocenters. The van der Waals surface area contributed by atoms with Crippen LogP contribution in [0.1, 0.15) is 42.2 Å². The SMILES string of the molecule is COc1ccccc1C1CCCC(c2ccccc2OC)C1P. The highest BCUT2D eigenvalue weighted by Crippen LogP contribution is 2.49. The van der Waals surface area contributed by atoms with Crippen molar-refractivity contribution < 1.29 is 9.47 Å². The van der Waals surface area contributed by atoms with E-state index in [1.165, 1.54) is 30.4 Å². The van der Waals surface area contributed by atoms with E-state index in [2.05, 4.69) is 45.6 Å². The average Bonchev–Trinajstić information content (AvgIpc) is 2.62. The molecule has 1 aliphatic carbocycles. The van der Waals surface area contributed by atoms with Crippen molar-refractivity contribution in [3.8, 4) is 11.5 Å². The summed E-state index contributed by atoms with van der Waals surface area (Å²) in [5, 5.41) is 0. The first kappa shape index (κ1) is 16.3. The molecule has 0 aromatic heterocycles. The molecule has 3 heteroatoms. The largest absolute Gasteiger partial charge is 0.496 e. The third kappa shape index (κ3) is 3.23. The Kier molecular flexibility index (Phi) is 5.23. The molecule has 2 nitrogen and oxygen atoms in total. The Morgan fingerprint density at radius 1 is 0.783 bits per heavy atom. The lowest BCUT2D eigenvalue weighted by Gasteiger charge is -2.37. The van der Waals surface area contributed by atoms with Gasteiger partial charge in [0.15, 0.2) is 0 Å². The molecule has 0 radical (unpaired) electrons. The Morgan fingerprint density at radius 3 is 1.65 bits per heavy atom. The predicted molar refractivity (Wildman–Crippen MR) is 98.8 cm³/mol. The van der Waals surface area contributed by atoms with E-state index in [1.54, 1.807) is 14.2 Å². The number of benzene rings is 2. The summed E-state index contributed by atoms with van der Waals surface area (Å²) in [6, 6.07) is 16.9. The molecular formula is C20H25O2P. The summed E-state index contributed by atoms with van der Waals surface area (Å²) < 4.78 is 11.2. The smallest absolute Gasteiger partial charge is 0.122 e. The Hall–Kier alpha value is -1.53. The number of ether oxygens (including phenoxy) is 2. The number of hydrogen-bond donors (Lipinski definition) is 0. The first-order valence-electron chi connectivity index (χ1n) is 8.27. The monoisotopic (exact) mass is 328 g/mol. The van der Waals surface area contributed by atoms with Gasteiger partial charge in [-0.1, -0.05) is 42.8 Å². The second kappa shape index (κ2) is 7.36. The molecule has 2 aromatic carbocycles. The second-order valence-corrected chi connectivity index (χ2v) is 6.97. The van der Waals surface area contributed by atoms with Crippen molar-refractivity contribution in [1.82, 2.24) is 0 Å². The molecule has 3 unspecified atom stereocenters. The van der Waals surface area contributed by atoms with Crippen LogP contribution in [-0.4, -0.2) is 19.9 Å². The van der Waals surface area contributed by atoms with E-state index in [9.17, 15) is 0 Å². The van der Waals surface area contributed by atoms with Crippen LogP contribution in [0.5, 0.6) is 11.5 Å². The van der Waals surface area contributed by atoms with E-state index < -0.39 is 0 Å². The van der Waals surface area contributed by atoms with Crippen LogP contribution < -0.4 is 9.47 Å². The molecule has 1 aliphatic rings. The van der Waals surface area contributed by atoms with Crippen LogP contribution in [-0.2, 0) is 0 Å². The lowest BCUT2D eigenvalue weighted by molar-refractivity contribution is 0.362. The first-order valence-corrected chi connectivity index (χ1v) is 8.94. The molecular weight excluding hydrogens is 303 g/mol. The molecule has 0 aliphatic heterocycles. The molecule has 0 bridgehead atoms. The number of para-hydroxylation sites is 2. The zero-order valence-electron chi connectivity index (χ0n) is 13.9. The number of hydrogen-bond acceptors (Lipinski definition) is 2. The van der Waals surface area contributed by atoms with Gasteiger partial charge >= 0.3 is 0 Å². The van der Waals surface area contributed by atoms with Gasteiger partial charge in [-0.15, -0.1) is 9.24 Å². The van der Waals surface area contributed by atoms with E-state index >= 15 is 0 Å². The average molecular weight is 328 g/mol. The summed E-state index contributed by atoms with van der Waals surface area (Å²) in [7, 11) is 6.63. The van der Waals surface area contributed by atoms with E-state index in [-0.39, 0.29) is 0 Å². The highest BCUT2D eigenvalue weighted by Gasteiger charge is 2.34. The van der Waals surface area contributed by atoms with Gasteiger partial charge in [0.05, 0.1) is 14.2 Å². The maximum atomic E-state index is 5.60. The minimum atomic E-state index is 0.483. The third-order valence-electron chi connectivity index (χ3n) is 5.04. The summed E-state index contributed by atoms with van der Waals surface area (Å²) in [6.45, 7) is 0. The third-order valence-corrected chi connectivity index (χ3v) is 5.97. The molecule has 0 saturated heterocycles. The van der Waals surface area contributed by atoms with Gasteiger partial charge in [0.1, 0.15) is 11.5 Å². The van der Waals surface area contributed by atoms with Crippen LogP contribution in [0.2, 0.25) is 0 Å². The van der Waals surface area contributed by atoms with Crippen LogP contribution >= 0.6 is 9.24 Å². The number of rotatable bonds is 4. The molecule has 23 heavy (non-hydrogen) atoms. The van der Waals surface area contributed by atoms with Crippen molar-refractivity contribution in [2.24, 2.45) is 0 Å². The van der Waals surface area contributed by atoms with Crippen molar-refractivity contribution in [2.45, 2.75) is 36.8 Å². The molecule has 1 fully saturated rings. The summed E-state index contributed by atoms with van der Waals surface area (Å²) >= 11 is 0. The fourth-order valence-electron chi connectivity index (χ4n) is 3.89. The Morgan fingerprint density at radius 2 is 1.22 bits per heavy atom. The minimum Gasteiger partial charge on any atom is -0.496 e. The predicted octanol–water partition coefficient (Wildman–Crippen LogP) is 5.00. The lowest BCUT2D eigenvalue weighted by Crippen LogP contribution is -2.26. The normalized spacial score (nSPS) is 24.2. The second-order valence-electron chi connectivity index (χ2n) is 6.21. The zero-order valence-corrected chi connectivity index (χ0v) is 15.0. The van der Waals surface area contributed by atoms with Gasteiger partial charge < -0.3 is 9.47 Å². The standard InChI is InChI=1S/C20H25O2P/c1-21-18-12-5-3-8-14(18)16-10-7-11-17(20(16)23)15-9-4-6-13-19(15)22-2/h3-6,8-9,12-13,16-17,20H,7,10-11,23H2,1-2H3. The van der Waals surface area contributed by atoms with Crippen LogP contribution in [0, 0.1) is 0 Å². The lowest BCUT2D eigenvalue weighted by atomic mass is 9.74. The number of methoxy groups -OCH3 is 2. The summed E-state index contributed by atoms with van der Waals surface area (Å²) in [6.07, 6.45) is 3.65. The van der Waals surface area contributed by atoms with E-state index in [0.717, 1.165) is 11.5 Å². The topological polar surface area (TPSA) is 18.5 Å². The molecule has 0 N–H and O–H groups in total. The van der Waals surface area contributed by atoms with Gasteiger partial charge in [-0.25, -0.2) is 0 Å². The highest BCUT2D eigenvalue weighted by molar-refractivity contribution is 7.17. The van der Waals surface area contributed by atoms with Gasteiger partial charge in [0.25, 0.3) is 0 Å². The first-order chi connectivity index (χ1) is 11.3. The van der Waals surface area contributed by atoms with Gasteiger partial charge in [-0.2, -0.15) is 0 Å². The van der Waals surface area contributed by atoms with Crippen LogP contribution in [0.25, 0.3) is 0 Å². The van der Waals surface area contributed by atoms with Gasteiger partial charge in [-0.3, -0.25) is 0 Å². The Balaban J connectivity index is 1.94. The van der Waals surface area contributed by atoms with E-state index in [1.807, 2.05) is 12.1 Å². The molecule has 122 valence electrons. The van der Waals surface area contributed by atoms with Crippen molar-refractivity contribution in [1.29, 1.82) is 0 Å². The Labute approximate surface area is 141 Å². The Bertz CT molecular complexity index is 600. The fourth-order valence-corrected chi connectivity index (χ4v) is 4.69. The maximum Gasteiger partial charge on any atom is 0.122 e. The van der Waals surface area contributed by atoms with E-state index in [4.69, 9.17) is 9.47 Å². The van der Waals surface area contributed by atoms with Crippen LogP contribution in [0.3, 0.4) is 0 Å². The molecule has 1 saturated carbocycles. The van der Waals surface area contributed by atoms with Crippen LogP contribution in [0.4, 0.5) is 0 Å². The van der Waals surface area contributed by atoms with Crippen molar-refractivity contribution >= 4 is 9.24 Å². The molecule has 0 heterocycles. The van der Waals surface area contributed by atoms with Crippen LogP contribution in [0.15, 0.2) is 48.5 Å². The quantitative estimate of drug-likeness (QED) is 0.736. The van der Waals surface area contributed by atoms with Crippen molar-refractivity contribution in [3.05, 3.63) is 59.7 Å².